The average molecular weight is 186 g/mol. The van der Waals surface area contributed by atoms with Crippen molar-refractivity contribution in [1.29, 1.82) is 5.26 Å². The maximum atomic E-state index is 8.86. The summed E-state index contributed by atoms with van der Waals surface area (Å²) in [5, 5.41) is 8.86. The lowest BCUT2D eigenvalue weighted by atomic mass is 9.97. The SMILES string of the molecule is [CH2]CCC(C#N)CCc1ccccc1. The Kier molecular flexibility index (Phi) is 4.78. The highest BCUT2D eigenvalue weighted by molar-refractivity contribution is 5.14. The summed E-state index contributed by atoms with van der Waals surface area (Å²) in [4.78, 5) is 0. The minimum absolute atomic E-state index is 0.174. The van der Waals surface area contributed by atoms with Crippen LogP contribution in [0.1, 0.15) is 24.8 Å². The average Bonchev–Trinajstić information content (AvgIpc) is 2.25. The van der Waals surface area contributed by atoms with E-state index in [0.717, 1.165) is 25.7 Å². The zero-order chi connectivity index (χ0) is 10.2. The molecule has 1 unspecified atom stereocenters. The molecular formula is C13H16N. The van der Waals surface area contributed by atoms with E-state index in [1.54, 1.807) is 0 Å². The van der Waals surface area contributed by atoms with Crippen molar-refractivity contribution in [2.75, 3.05) is 0 Å². The summed E-state index contributed by atoms with van der Waals surface area (Å²) in [5.74, 6) is 0.174. The van der Waals surface area contributed by atoms with Gasteiger partial charge >= 0.3 is 0 Å². The van der Waals surface area contributed by atoms with Gasteiger partial charge in [0, 0.05) is 5.92 Å². The van der Waals surface area contributed by atoms with Gasteiger partial charge in [-0.15, -0.1) is 0 Å². The topological polar surface area (TPSA) is 23.8 Å². The normalized spacial score (nSPS) is 12.0. The summed E-state index contributed by atoms with van der Waals surface area (Å²) in [6.07, 6.45) is 3.73. The maximum absolute atomic E-state index is 8.86. The van der Waals surface area contributed by atoms with Crippen LogP contribution in [0.4, 0.5) is 0 Å². The van der Waals surface area contributed by atoms with Gasteiger partial charge in [-0.3, -0.25) is 0 Å². The molecule has 0 bridgehead atoms. The molecule has 1 aromatic rings. The molecule has 0 fully saturated rings. The molecule has 14 heavy (non-hydrogen) atoms. The van der Waals surface area contributed by atoms with Gasteiger partial charge in [-0.2, -0.15) is 5.26 Å². The quantitative estimate of drug-likeness (QED) is 0.691. The van der Waals surface area contributed by atoms with Gasteiger partial charge in [-0.1, -0.05) is 43.7 Å². The fraction of sp³-hybridized carbons (Fsp3) is 0.385. The summed E-state index contributed by atoms with van der Waals surface area (Å²) in [6, 6.07) is 12.6. The first-order valence-electron chi connectivity index (χ1n) is 5.09. The van der Waals surface area contributed by atoms with Crippen molar-refractivity contribution in [3.63, 3.8) is 0 Å². The van der Waals surface area contributed by atoms with Crippen molar-refractivity contribution in [3.8, 4) is 6.07 Å². The fourth-order valence-corrected chi connectivity index (χ4v) is 1.51. The van der Waals surface area contributed by atoms with E-state index in [-0.39, 0.29) is 5.92 Å². The van der Waals surface area contributed by atoms with Crippen LogP contribution in [0.2, 0.25) is 0 Å². The Bertz CT molecular complexity index is 284. The molecule has 1 atom stereocenters. The van der Waals surface area contributed by atoms with Gasteiger partial charge in [0.05, 0.1) is 6.07 Å². The molecule has 1 aromatic carbocycles. The van der Waals surface area contributed by atoms with Gasteiger partial charge in [-0.25, -0.2) is 0 Å². The van der Waals surface area contributed by atoms with Gasteiger partial charge in [0.2, 0.25) is 0 Å². The molecule has 0 amide bonds. The van der Waals surface area contributed by atoms with Crippen LogP contribution in [0.25, 0.3) is 0 Å². The van der Waals surface area contributed by atoms with Crippen LogP contribution in [0.5, 0.6) is 0 Å². The van der Waals surface area contributed by atoms with Gasteiger partial charge in [0.1, 0.15) is 0 Å². The predicted molar refractivity (Wildman–Crippen MR) is 58.5 cm³/mol. The molecule has 0 aliphatic rings. The third kappa shape index (κ3) is 3.62. The summed E-state index contributed by atoms with van der Waals surface area (Å²) in [7, 11) is 0. The second-order valence-electron chi connectivity index (χ2n) is 3.49. The van der Waals surface area contributed by atoms with Crippen LogP contribution in [0.15, 0.2) is 30.3 Å². The largest absolute Gasteiger partial charge is 0.198 e. The molecule has 1 nitrogen and oxygen atoms in total. The first-order valence-corrected chi connectivity index (χ1v) is 5.09. The zero-order valence-electron chi connectivity index (χ0n) is 8.45. The molecule has 0 N–H and O–H groups in total. The van der Waals surface area contributed by atoms with Crippen molar-refractivity contribution < 1.29 is 0 Å². The van der Waals surface area contributed by atoms with E-state index in [2.05, 4.69) is 25.1 Å². The number of nitrogens with zero attached hydrogens (tertiary/aromatic N) is 1. The van der Waals surface area contributed by atoms with Gasteiger partial charge in [-0.05, 0) is 24.8 Å². The molecule has 0 aromatic heterocycles. The molecule has 0 aliphatic heterocycles. The Morgan fingerprint density at radius 3 is 2.50 bits per heavy atom. The third-order valence-corrected chi connectivity index (χ3v) is 2.36. The van der Waals surface area contributed by atoms with Crippen LogP contribution in [0.3, 0.4) is 0 Å². The molecule has 0 aliphatic carbocycles. The van der Waals surface area contributed by atoms with Gasteiger partial charge < -0.3 is 0 Å². The van der Waals surface area contributed by atoms with Crippen LogP contribution in [-0.4, -0.2) is 0 Å². The van der Waals surface area contributed by atoms with Crippen molar-refractivity contribution in [2.24, 2.45) is 5.92 Å². The number of hydrogen-bond acceptors (Lipinski definition) is 1. The lowest BCUT2D eigenvalue weighted by Gasteiger charge is -2.06. The third-order valence-electron chi connectivity index (χ3n) is 2.36. The summed E-state index contributed by atoms with van der Waals surface area (Å²) >= 11 is 0. The molecule has 0 heterocycles. The van der Waals surface area contributed by atoms with Crippen molar-refractivity contribution in [3.05, 3.63) is 42.8 Å². The molecule has 1 rings (SSSR count). The minimum atomic E-state index is 0.174. The summed E-state index contributed by atoms with van der Waals surface area (Å²) in [5.41, 5.74) is 1.32. The van der Waals surface area contributed by atoms with Crippen molar-refractivity contribution in [2.45, 2.75) is 25.7 Å². The van der Waals surface area contributed by atoms with E-state index in [1.165, 1.54) is 5.56 Å². The van der Waals surface area contributed by atoms with Crippen molar-refractivity contribution >= 4 is 0 Å². The number of benzene rings is 1. The molecule has 1 heteroatoms. The Labute approximate surface area is 86.4 Å². The fourth-order valence-electron chi connectivity index (χ4n) is 1.51. The van der Waals surface area contributed by atoms with E-state index < -0.39 is 0 Å². The molecule has 1 radical (unpaired) electrons. The van der Waals surface area contributed by atoms with Gasteiger partial charge in [0.25, 0.3) is 0 Å². The summed E-state index contributed by atoms with van der Waals surface area (Å²) < 4.78 is 0. The standard InChI is InChI=1S/C13H16N/c1-2-6-13(11-14)10-9-12-7-4-3-5-8-12/h3-5,7-8,13H,1-2,6,9-10H2. The van der Waals surface area contributed by atoms with E-state index >= 15 is 0 Å². The highest BCUT2D eigenvalue weighted by atomic mass is 14.3. The van der Waals surface area contributed by atoms with Crippen LogP contribution in [-0.2, 0) is 6.42 Å². The molecule has 0 saturated carbocycles. The molecular weight excluding hydrogens is 170 g/mol. The molecule has 73 valence electrons. The Morgan fingerprint density at radius 2 is 1.93 bits per heavy atom. The first-order chi connectivity index (χ1) is 6.86. The van der Waals surface area contributed by atoms with Crippen LogP contribution < -0.4 is 0 Å². The highest BCUT2D eigenvalue weighted by Crippen LogP contribution is 2.13. The smallest absolute Gasteiger partial charge is 0.0655 e. The van der Waals surface area contributed by atoms with E-state index in [4.69, 9.17) is 5.26 Å². The lowest BCUT2D eigenvalue weighted by molar-refractivity contribution is 0.561. The monoisotopic (exact) mass is 186 g/mol. The molecule has 0 saturated heterocycles. The second-order valence-corrected chi connectivity index (χ2v) is 3.49. The van der Waals surface area contributed by atoms with Gasteiger partial charge in [0.15, 0.2) is 0 Å². The summed E-state index contributed by atoms with van der Waals surface area (Å²) in [6.45, 7) is 3.78. The van der Waals surface area contributed by atoms with Crippen molar-refractivity contribution in [1.82, 2.24) is 0 Å². The molecule has 0 spiro atoms. The second kappa shape index (κ2) is 6.21. The number of nitriles is 1. The predicted octanol–water partition coefficient (Wildman–Crippen LogP) is 3.37. The Hall–Kier alpha value is -1.29. The zero-order valence-corrected chi connectivity index (χ0v) is 8.45. The lowest BCUT2D eigenvalue weighted by Crippen LogP contribution is -1.98. The number of aryl methyl sites for hydroxylation is 1. The maximum Gasteiger partial charge on any atom is 0.0655 e. The van der Waals surface area contributed by atoms with E-state index in [9.17, 15) is 0 Å². The first kappa shape index (κ1) is 10.8. The van der Waals surface area contributed by atoms with Crippen LogP contribution >= 0.6 is 0 Å². The minimum Gasteiger partial charge on any atom is -0.198 e. The Balaban J connectivity index is 2.37. The van der Waals surface area contributed by atoms with E-state index in [0.29, 0.717) is 0 Å². The number of hydrogen-bond donors (Lipinski definition) is 0. The van der Waals surface area contributed by atoms with Crippen LogP contribution in [0, 0.1) is 24.2 Å². The van der Waals surface area contributed by atoms with E-state index in [1.807, 2.05) is 18.2 Å². The highest BCUT2D eigenvalue weighted by Gasteiger charge is 2.05. The Morgan fingerprint density at radius 1 is 1.21 bits per heavy atom. The number of rotatable bonds is 5.